The number of nitrogens with zero attached hydrogens (tertiary/aromatic N) is 3. The van der Waals surface area contributed by atoms with Gasteiger partial charge in [-0.05, 0) is 58.7 Å². The fraction of sp³-hybridized carbons (Fsp3) is 1.00. The van der Waals surface area contributed by atoms with E-state index in [0.717, 1.165) is 18.0 Å². The summed E-state index contributed by atoms with van der Waals surface area (Å²) in [7, 11) is 2.28. The largest absolute Gasteiger partial charge is 0.306 e. The molecule has 3 aliphatic heterocycles. The zero-order chi connectivity index (χ0) is 12.5. The fourth-order valence-corrected chi connectivity index (χ4v) is 4.26. The zero-order valence-corrected chi connectivity index (χ0v) is 12.1. The minimum atomic E-state index is 0.770. The minimum absolute atomic E-state index is 0.770. The third kappa shape index (κ3) is 2.73. The summed E-state index contributed by atoms with van der Waals surface area (Å²) in [5.74, 6) is 0.916. The highest BCUT2D eigenvalue weighted by Crippen LogP contribution is 2.26. The van der Waals surface area contributed by atoms with Crippen molar-refractivity contribution in [3.05, 3.63) is 0 Å². The molecule has 3 saturated heterocycles. The van der Waals surface area contributed by atoms with Crippen molar-refractivity contribution in [1.82, 2.24) is 14.7 Å². The van der Waals surface area contributed by atoms with Gasteiger partial charge in [-0.2, -0.15) is 0 Å². The maximum absolute atomic E-state index is 2.79. The highest BCUT2D eigenvalue weighted by Gasteiger charge is 2.35. The molecule has 18 heavy (non-hydrogen) atoms. The Balaban J connectivity index is 1.55. The van der Waals surface area contributed by atoms with E-state index in [1.54, 1.807) is 0 Å². The molecule has 3 heteroatoms. The predicted octanol–water partition coefficient (Wildman–Crippen LogP) is 1.50. The number of hydrogen-bond acceptors (Lipinski definition) is 3. The molecule has 0 N–H and O–H groups in total. The summed E-state index contributed by atoms with van der Waals surface area (Å²) < 4.78 is 0. The third-order valence-corrected chi connectivity index (χ3v) is 5.28. The van der Waals surface area contributed by atoms with Gasteiger partial charge in [-0.1, -0.05) is 0 Å². The van der Waals surface area contributed by atoms with Crippen LogP contribution in [-0.4, -0.2) is 73.1 Å². The first kappa shape index (κ1) is 12.9. The van der Waals surface area contributed by atoms with Gasteiger partial charge >= 0.3 is 0 Å². The molecule has 0 saturated carbocycles. The summed E-state index contributed by atoms with van der Waals surface area (Å²) in [4.78, 5) is 8.04. The van der Waals surface area contributed by atoms with Crippen molar-refractivity contribution in [2.24, 2.45) is 5.92 Å². The van der Waals surface area contributed by atoms with Gasteiger partial charge in [0.2, 0.25) is 0 Å². The zero-order valence-electron chi connectivity index (χ0n) is 12.1. The van der Waals surface area contributed by atoms with E-state index in [-0.39, 0.29) is 0 Å². The van der Waals surface area contributed by atoms with E-state index in [4.69, 9.17) is 0 Å². The van der Waals surface area contributed by atoms with Crippen LogP contribution in [0.4, 0.5) is 0 Å². The Morgan fingerprint density at radius 2 is 1.83 bits per heavy atom. The SMILES string of the molecule is CC1CN2CCCC2CN1CC1CCCN(C)C1. The topological polar surface area (TPSA) is 9.72 Å². The normalized spacial score (nSPS) is 40.0. The molecule has 104 valence electrons. The number of likely N-dealkylation sites (tertiary alicyclic amines) is 1. The van der Waals surface area contributed by atoms with Crippen LogP contribution in [0.1, 0.15) is 32.6 Å². The molecule has 3 rings (SSSR count). The van der Waals surface area contributed by atoms with Crippen LogP contribution in [0.3, 0.4) is 0 Å². The van der Waals surface area contributed by atoms with Gasteiger partial charge in [0.15, 0.2) is 0 Å². The monoisotopic (exact) mass is 251 g/mol. The van der Waals surface area contributed by atoms with E-state index in [1.165, 1.54) is 65.0 Å². The summed E-state index contributed by atoms with van der Waals surface area (Å²) in [6.45, 7) is 10.4. The summed E-state index contributed by atoms with van der Waals surface area (Å²) in [5.41, 5.74) is 0. The van der Waals surface area contributed by atoms with Gasteiger partial charge in [0, 0.05) is 38.3 Å². The Hall–Kier alpha value is -0.120. The number of fused-ring (bicyclic) bond motifs is 1. The lowest BCUT2D eigenvalue weighted by atomic mass is 9.96. The van der Waals surface area contributed by atoms with E-state index in [0.29, 0.717) is 0 Å². The molecule has 3 aliphatic rings. The molecule has 3 heterocycles. The molecule has 3 nitrogen and oxygen atoms in total. The van der Waals surface area contributed by atoms with Gasteiger partial charge < -0.3 is 4.90 Å². The standard InChI is InChI=1S/C15H29N3/c1-13-9-17-8-4-6-15(17)12-18(13)11-14-5-3-7-16(2)10-14/h13-15H,3-12H2,1-2H3. The summed E-state index contributed by atoms with van der Waals surface area (Å²) >= 11 is 0. The van der Waals surface area contributed by atoms with E-state index in [2.05, 4.69) is 28.7 Å². The molecule has 0 aromatic rings. The Morgan fingerprint density at radius 1 is 1.00 bits per heavy atom. The van der Waals surface area contributed by atoms with Crippen molar-refractivity contribution < 1.29 is 0 Å². The Labute approximate surface area is 112 Å². The second-order valence-electron chi connectivity index (χ2n) is 6.86. The van der Waals surface area contributed by atoms with Crippen LogP contribution in [-0.2, 0) is 0 Å². The number of piperazine rings is 1. The number of hydrogen-bond donors (Lipinski definition) is 0. The van der Waals surface area contributed by atoms with E-state index >= 15 is 0 Å². The van der Waals surface area contributed by atoms with Crippen LogP contribution in [0, 0.1) is 5.92 Å². The molecule has 3 atom stereocenters. The molecule has 0 aromatic heterocycles. The maximum Gasteiger partial charge on any atom is 0.0224 e. The number of piperidine rings is 1. The molecule has 3 unspecified atom stereocenters. The lowest BCUT2D eigenvalue weighted by molar-refractivity contribution is 0.0376. The average Bonchev–Trinajstić information content (AvgIpc) is 2.76. The van der Waals surface area contributed by atoms with Crippen LogP contribution in [0.15, 0.2) is 0 Å². The van der Waals surface area contributed by atoms with E-state index < -0.39 is 0 Å². The lowest BCUT2D eigenvalue weighted by Gasteiger charge is -2.44. The van der Waals surface area contributed by atoms with Gasteiger partial charge in [0.1, 0.15) is 0 Å². The summed E-state index contributed by atoms with van der Waals surface area (Å²) in [5, 5.41) is 0. The van der Waals surface area contributed by atoms with E-state index in [1.807, 2.05) is 0 Å². The molecule has 0 spiro atoms. The minimum Gasteiger partial charge on any atom is -0.306 e. The molecule has 0 radical (unpaired) electrons. The first-order valence-electron chi connectivity index (χ1n) is 7.89. The van der Waals surface area contributed by atoms with Gasteiger partial charge in [0.25, 0.3) is 0 Å². The third-order valence-electron chi connectivity index (χ3n) is 5.28. The van der Waals surface area contributed by atoms with Crippen molar-refractivity contribution in [2.45, 2.75) is 44.7 Å². The first-order valence-corrected chi connectivity index (χ1v) is 7.89. The quantitative estimate of drug-likeness (QED) is 0.736. The van der Waals surface area contributed by atoms with Crippen LogP contribution in [0.5, 0.6) is 0 Å². The van der Waals surface area contributed by atoms with E-state index in [9.17, 15) is 0 Å². The second kappa shape index (κ2) is 5.48. The summed E-state index contributed by atoms with van der Waals surface area (Å²) in [6.07, 6.45) is 5.71. The molecule has 0 aliphatic carbocycles. The highest BCUT2D eigenvalue weighted by molar-refractivity contribution is 4.91. The van der Waals surface area contributed by atoms with Crippen molar-refractivity contribution >= 4 is 0 Å². The van der Waals surface area contributed by atoms with Crippen LogP contribution in [0.2, 0.25) is 0 Å². The Morgan fingerprint density at radius 3 is 2.67 bits per heavy atom. The molecular weight excluding hydrogens is 222 g/mol. The fourth-order valence-electron chi connectivity index (χ4n) is 4.26. The second-order valence-corrected chi connectivity index (χ2v) is 6.86. The van der Waals surface area contributed by atoms with Crippen LogP contribution in [0.25, 0.3) is 0 Å². The summed E-state index contributed by atoms with van der Waals surface area (Å²) in [6, 6.07) is 1.65. The van der Waals surface area contributed by atoms with Crippen LogP contribution >= 0.6 is 0 Å². The highest BCUT2D eigenvalue weighted by atomic mass is 15.3. The van der Waals surface area contributed by atoms with Crippen molar-refractivity contribution in [3.8, 4) is 0 Å². The van der Waals surface area contributed by atoms with Gasteiger partial charge in [-0.15, -0.1) is 0 Å². The smallest absolute Gasteiger partial charge is 0.0224 e. The maximum atomic E-state index is 2.79. The van der Waals surface area contributed by atoms with Crippen molar-refractivity contribution in [1.29, 1.82) is 0 Å². The van der Waals surface area contributed by atoms with Crippen molar-refractivity contribution in [3.63, 3.8) is 0 Å². The van der Waals surface area contributed by atoms with Gasteiger partial charge in [0.05, 0.1) is 0 Å². The van der Waals surface area contributed by atoms with Gasteiger partial charge in [-0.25, -0.2) is 0 Å². The molecule has 0 aromatic carbocycles. The first-order chi connectivity index (χ1) is 8.72. The van der Waals surface area contributed by atoms with Crippen LogP contribution < -0.4 is 0 Å². The molecule has 0 amide bonds. The molecular formula is C15H29N3. The average molecular weight is 251 g/mol. The molecule has 3 fully saturated rings. The Bertz CT molecular complexity index is 281. The predicted molar refractivity (Wildman–Crippen MR) is 75.9 cm³/mol. The Kier molecular flexibility index (Phi) is 3.92. The van der Waals surface area contributed by atoms with Crippen molar-refractivity contribution in [2.75, 3.05) is 46.3 Å². The molecule has 0 bridgehead atoms. The number of rotatable bonds is 2. The van der Waals surface area contributed by atoms with Gasteiger partial charge in [-0.3, -0.25) is 9.80 Å². The lowest BCUT2D eigenvalue weighted by Crippen LogP contribution is -2.56.